The molecule has 0 bridgehead atoms. The lowest BCUT2D eigenvalue weighted by molar-refractivity contribution is 0.138. The molecule has 0 radical (unpaired) electrons. The molecule has 3 heterocycles. The summed E-state index contributed by atoms with van der Waals surface area (Å²) < 4.78 is 2.19. The number of nitrogens with zero attached hydrogens (tertiary/aromatic N) is 3. The van der Waals surface area contributed by atoms with Gasteiger partial charge in [0.2, 0.25) is 0 Å². The lowest BCUT2D eigenvalue weighted by atomic mass is 9.87. The first kappa shape index (κ1) is 13.1. The van der Waals surface area contributed by atoms with E-state index in [0.717, 1.165) is 0 Å². The number of rotatable bonds is 3. The molecule has 2 unspecified atom stereocenters. The molecular weight excluding hydrogens is 236 g/mol. The predicted octanol–water partition coefficient (Wildman–Crippen LogP) is 1.60. The van der Waals surface area contributed by atoms with Gasteiger partial charge in [-0.2, -0.15) is 0 Å². The molecule has 2 aliphatic heterocycles. The minimum Gasteiger partial charge on any atom is -0.338 e. The van der Waals surface area contributed by atoms with Crippen LogP contribution in [0.5, 0.6) is 0 Å². The maximum Gasteiger partial charge on any atom is 0.112 e. The highest BCUT2D eigenvalue weighted by Gasteiger charge is 2.33. The van der Waals surface area contributed by atoms with Gasteiger partial charge in [-0.3, -0.25) is 0 Å². The summed E-state index contributed by atoms with van der Waals surface area (Å²) in [6.45, 7) is 8.47. The van der Waals surface area contributed by atoms with E-state index in [0.29, 0.717) is 11.3 Å². The van der Waals surface area contributed by atoms with Crippen molar-refractivity contribution in [2.24, 2.45) is 12.5 Å². The zero-order valence-corrected chi connectivity index (χ0v) is 12.2. The van der Waals surface area contributed by atoms with Gasteiger partial charge in [0.1, 0.15) is 5.82 Å². The van der Waals surface area contributed by atoms with Crippen molar-refractivity contribution in [3.8, 4) is 0 Å². The molecule has 2 fully saturated rings. The molecule has 0 amide bonds. The molecule has 0 aromatic carbocycles. The lowest BCUT2D eigenvalue weighted by Gasteiger charge is -2.37. The monoisotopic (exact) mass is 262 g/mol. The summed E-state index contributed by atoms with van der Waals surface area (Å²) in [5, 5.41) is 3.51. The summed E-state index contributed by atoms with van der Waals surface area (Å²) in [6.07, 6.45) is 7.90. The molecule has 0 saturated carbocycles. The van der Waals surface area contributed by atoms with Crippen LogP contribution in [-0.2, 0) is 7.05 Å². The highest BCUT2D eigenvalue weighted by atomic mass is 15.2. The van der Waals surface area contributed by atoms with E-state index in [2.05, 4.69) is 39.9 Å². The molecule has 2 atom stereocenters. The van der Waals surface area contributed by atoms with E-state index in [9.17, 15) is 0 Å². The van der Waals surface area contributed by atoms with Crippen LogP contribution in [0.25, 0.3) is 0 Å². The van der Waals surface area contributed by atoms with Crippen LogP contribution < -0.4 is 5.32 Å². The maximum absolute atomic E-state index is 4.55. The summed E-state index contributed by atoms with van der Waals surface area (Å²) in [5.41, 5.74) is 0.476. The minimum atomic E-state index is 0.476. The maximum atomic E-state index is 4.55. The van der Waals surface area contributed by atoms with E-state index in [-0.39, 0.29) is 0 Å². The van der Waals surface area contributed by atoms with Gasteiger partial charge in [-0.05, 0) is 37.8 Å². The summed E-state index contributed by atoms with van der Waals surface area (Å²) in [5.74, 6) is 1.88. The first-order valence-corrected chi connectivity index (χ1v) is 7.57. The third-order valence-electron chi connectivity index (χ3n) is 4.79. The number of likely N-dealkylation sites (tertiary alicyclic amines) is 1. The van der Waals surface area contributed by atoms with Gasteiger partial charge in [0.05, 0.1) is 0 Å². The number of hydrogen-bond donors (Lipinski definition) is 1. The molecule has 0 aliphatic carbocycles. The van der Waals surface area contributed by atoms with Crippen LogP contribution in [0.3, 0.4) is 0 Å². The average Bonchev–Trinajstić information content (AvgIpc) is 2.99. The van der Waals surface area contributed by atoms with Crippen LogP contribution in [0.4, 0.5) is 0 Å². The number of piperidine rings is 1. The fourth-order valence-electron chi connectivity index (χ4n) is 3.72. The quantitative estimate of drug-likeness (QED) is 0.898. The molecule has 106 valence electrons. The van der Waals surface area contributed by atoms with Crippen LogP contribution in [0.1, 0.15) is 37.9 Å². The van der Waals surface area contributed by atoms with Gasteiger partial charge in [0.25, 0.3) is 0 Å². The molecular formula is C15H26N4. The van der Waals surface area contributed by atoms with E-state index in [4.69, 9.17) is 0 Å². The standard InChI is InChI=1S/C15H26N4/c1-15(5-6-16-11-15)12-19-8-3-4-13(10-19)14-17-7-9-18(14)2/h7,9,13,16H,3-6,8,10-12H2,1-2H3. The summed E-state index contributed by atoms with van der Waals surface area (Å²) in [7, 11) is 2.11. The second kappa shape index (κ2) is 5.25. The van der Waals surface area contributed by atoms with Gasteiger partial charge in [0, 0.05) is 45.0 Å². The van der Waals surface area contributed by atoms with E-state index >= 15 is 0 Å². The number of imidazole rings is 1. The Kier molecular flexibility index (Phi) is 3.63. The molecule has 19 heavy (non-hydrogen) atoms. The van der Waals surface area contributed by atoms with Crippen molar-refractivity contribution in [2.75, 3.05) is 32.7 Å². The smallest absolute Gasteiger partial charge is 0.112 e. The Morgan fingerprint density at radius 3 is 3.11 bits per heavy atom. The van der Waals surface area contributed by atoms with Crippen molar-refractivity contribution in [1.29, 1.82) is 0 Å². The molecule has 4 heteroatoms. The first-order chi connectivity index (χ1) is 9.16. The number of aromatic nitrogens is 2. The molecule has 0 spiro atoms. The molecule has 1 aromatic rings. The Labute approximate surface area is 116 Å². The van der Waals surface area contributed by atoms with Crippen molar-refractivity contribution < 1.29 is 0 Å². The van der Waals surface area contributed by atoms with E-state index in [1.54, 1.807) is 0 Å². The van der Waals surface area contributed by atoms with Crippen molar-refractivity contribution in [2.45, 2.75) is 32.1 Å². The van der Waals surface area contributed by atoms with Crippen molar-refractivity contribution >= 4 is 0 Å². The fraction of sp³-hybridized carbons (Fsp3) is 0.800. The second-order valence-corrected chi connectivity index (χ2v) is 6.71. The first-order valence-electron chi connectivity index (χ1n) is 7.57. The third kappa shape index (κ3) is 2.84. The Morgan fingerprint density at radius 1 is 1.53 bits per heavy atom. The Balaban J connectivity index is 1.63. The van der Waals surface area contributed by atoms with Crippen molar-refractivity contribution in [1.82, 2.24) is 19.8 Å². The summed E-state index contributed by atoms with van der Waals surface area (Å²) >= 11 is 0. The number of hydrogen-bond acceptors (Lipinski definition) is 3. The summed E-state index contributed by atoms with van der Waals surface area (Å²) in [6, 6.07) is 0. The number of nitrogens with one attached hydrogen (secondary N) is 1. The molecule has 1 aromatic heterocycles. The SMILES string of the molecule is Cn1ccnc1C1CCCN(CC2(C)CCNC2)C1. The normalized spacial score (nSPS) is 32.8. The van der Waals surface area contributed by atoms with Crippen molar-refractivity contribution in [3.63, 3.8) is 0 Å². The molecule has 2 saturated heterocycles. The van der Waals surface area contributed by atoms with Gasteiger partial charge in [0.15, 0.2) is 0 Å². The average molecular weight is 262 g/mol. The third-order valence-corrected chi connectivity index (χ3v) is 4.79. The molecule has 2 aliphatic rings. The molecule has 3 rings (SSSR count). The lowest BCUT2D eigenvalue weighted by Crippen LogP contribution is -2.42. The van der Waals surface area contributed by atoms with Gasteiger partial charge >= 0.3 is 0 Å². The summed E-state index contributed by atoms with van der Waals surface area (Å²) in [4.78, 5) is 7.21. The van der Waals surface area contributed by atoms with Crippen LogP contribution >= 0.6 is 0 Å². The molecule has 4 nitrogen and oxygen atoms in total. The van der Waals surface area contributed by atoms with Crippen LogP contribution in [0.2, 0.25) is 0 Å². The number of aryl methyl sites for hydroxylation is 1. The van der Waals surface area contributed by atoms with E-state index in [1.165, 1.54) is 57.8 Å². The van der Waals surface area contributed by atoms with Crippen LogP contribution in [-0.4, -0.2) is 47.2 Å². The minimum absolute atomic E-state index is 0.476. The van der Waals surface area contributed by atoms with E-state index in [1.807, 2.05) is 6.20 Å². The second-order valence-electron chi connectivity index (χ2n) is 6.71. The predicted molar refractivity (Wildman–Crippen MR) is 77.2 cm³/mol. The van der Waals surface area contributed by atoms with Gasteiger partial charge in [-0.1, -0.05) is 6.92 Å². The van der Waals surface area contributed by atoms with E-state index < -0.39 is 0 Å². The van der Waals surface area contributed by atoms with Gasteiger partial charge in [-0.25, -0.2) is 4.98 Å². The van der Waals surface area contributed by atoms with Gasteiger partial charge < -0.3 is 14.8 Å². The highest BCUT2D eigenvalue weighted by Crippen LogP contribution is 2.30. The van der Waals surface area contributed by atoms with Crippen LogP contribution in [0, 0.1) is 5.41 Å². The highest BCUT2D eigenvalue weighted by molar-refractivity contribution is 5.03. The Bertz CT molecular complexity index is 420. The zero-order valence-electron chi connectivity index (χ0n) is 12.2. The largest absolute Gasteiger partial charge is 0.338 e. The fourth-order valence-corrected chi connectivity index (χ4v) is 3.72. The van der Waals surface area contributed by atoms with Crippen LogP contribution in [0.15, 0.2) is 12.4 Å². The van der Waals surface area contributed by atoms with Crippen molar-refractivity contribution in [3.05, 3.63) is 18.2 Å². The molecule has 1 N–H and O–H groups in total. The Hall–Kier alpha value is -0.870. The Morgan fingerprint density at radius 2 is 2.42 bits per heavy atom. The zero-order chi connectivity index (χ0) is 13.3. The topological polar surface area (TPSA) is 33.1 Å². The van der Waals surface area contributed by atoms with Gasteiger partial charge in [-0.15, -0.1) is 0 Å².